The van der Waals surface area contributed by atoms with Crippen molar-refractivity contribution >= 4 is 11.5 Å². The molecule has 1 heterocycles. The Morgan fingerprint density at radius 3 is 2.12 bits per heavy atom. The lowest BCUT2D eigenvalue weighted by Crippen LogP contribution is -2.27. The third-order valence-electron chi connectivity index (χ3n) is 4.83. The summed E-state index contributed by atoms with van der Waals surface area (Å²) >= 11 is 0. The molecule has 0 atom stereocenters. The van der Waals surface area contributed by atoms with Crippen molar-refractivity contribution in [2.24, 2.45) is 0 Å². The molecule has 2 aromatic rings. The van der Waals surface area contributed by atoms with E-state index in [1.807, 2.05) is 6.07 Å². The molecule has 0 amide bonds. The van der Waals surface area contributed by atoms with Gasteiger partial charge in [0.15, 0.2) is 0 Å². The van der Waals surface area contributed by atoms with Gasteiger partial charge in [-0.15, -0.1) is 0 Å². The van der Waals surface area contributed by atoms with Crippen molar-refractivity contribution in [3.63, 3.8) is 0 Å². The minimum atomic E-state index is 0.0334. The van der Waals surface area contributed by atoms with Gasteiger partial charge in [-0.25, -0.2) is 0 Å². The Hall–Kier alpha value is -2.09. The third kappa shape index (κ3) is 2.86. The van der Waals surface area contributed by atoms with Crippen molar-refractivity contribution in [3.8, 4) is 0 Å². The molecule has 0 unspecified atom stereocenters. The molecule has 126 valence electrons. The summed E-state index contributed by atoms with van der Waals surface area (Å²) in [6.45, 7) is 14.3. The van der Waals surface area contributed by atoms with Crippen LogP contribution in [0.5, 0.6) is 0 Å². The molecule has 0 bridgehead atoms. The number of fused-ring (bicyclic) bond motifs is 1. The number of anilines is 1. The van der Waals surface area contributed by atoms with Gasteiger partial charge in [-0.05, 0) is 33.6 Å². The van der Waals surface area contributed by atoms with Crippen LogP contribution >= 0.6 is 0 Å². The minimum absolute atomic E-state index is 0.0334. The van der Waals surface area contributed by atoms with E-state index >= 15 is 0 Å². The van der Waals surface area contributed by atoms with E-state index < -0.39 is 0 Å². The molecule has 2 heteroatoms. The van der Waals surface area contributed by atoms with Crippen LogP contribution in [0.4, 0.5) is 5.69 Å². The predicted molar refractivity (Wildman–Crippen MR) is 103 cm³/mol. The smallest absolute Gasteiger partial charge is 0.133 e. The maximum atomic E-state index is 8.63. The van der Waals surface area contributed by atoms with Crippen LogP contribution in [0.15, 0.2) is 42.5 Å². The fourth-order valence-electron chi connectivity index (χ4n) is 3.33. The van der Waals surface area contributed by atoms with Crippen LogP contribution in [0.25, 0.3) is 0 Å². The third-order valence-corrected chi connectivity index (χ3v) is 4.83. The lowest BCUT2D eigenvalue weighted by molar-refractivity contribution is 0.568. The molecule has 0 saturated carbocycles. The second kappa shape index (κ2) is 5.47. The Morgan fingerprint density at radius 2 is 1.54 bits per heavy atom. The van der Waals surface area contributed by atoms with E-state index in [9.17, 15) is 0 Å². The zero-order valence-electron chi connectivity index (χ0n) is 15.7. The molecule has 0 radical (unpaired) electrons. The van der Waals surface area contributed by atoms with E-state index in [1.54, 1.807) is 0 Å². The summed E-state index contributed by atoms with van der Waals surface area (Å²) in [6.07, 6.45) is 0. The highest BCUT2D eigenvalue weighted by Gasteiger charge is 2.30. The van der Waals surface area contributed by atoms with Crippen LogP contribution in [0.1, 0.15) is 63.8 Å². The average molecular weight is 320 g/mol. The van der Waals surface area contributed by atoms with E-state index in [0.717, 1.165) is 17.8 Å². The van der Waals surface area contributed by atoms with Gasteiger partial charge >= 0.3 is 0 Å². The van der Waals surface area contributed by atoms with Crippen molar-refractivity contribution in [1.29, 1.82) is 5.41 Å². The van der Waals surface area contributed by atoms with Gasteiger partial charge in [0, 0.05) is 11.3 Å². The van der Waals surface area contributed by atoms with Gasteiger partial charge in [0.2, 0.25) is 0 Å². The molecule has 0 spiro atoms. The Kier molecular flexibility index (Phi) is 3.82. The van der Waals surface area contributed by atoms with E-state index in [1.165, 1.54) is 16.7 Å². The summed E-state index contributed by atoms with van der Waals surface area (Å²) in [5.74, 6) is 0.611. The molecule has 1 aliphatic heterocycles. The van der Waals surface area contributed by atoms with Crippen molar-refractivity contribution in [1.82, 2.24) is 0 Å². The molecular weight excluding hydrogens is 292 g/mol. The Bertz CT molecular complexity index is 788. The standard InChI is InChI=1S/C22H28N2/c1-21(2,3)16-11-12-19(18(13-16)22(4,5)6)24-14-15-9-7-8-10-17(15)20(24)23/h7-13,23H,14H2,1-6H3. The normalized spacial score (nSPS) is 14.9. The summed E-state index contributed by atoms with van der Waals surface area (Å²) in [6, 6.07) is 15.0. The largest absolute Gasteiger partial charge is 0.322 e. The number of rotatable bonds is 1. The molecule has 1 N–H and O–H groups in total. The highest BCUT2D eigenvalue weighted by atomic mass is 15.2. The Balaban J connectivity index is 2.11. The van der Waals surface area contributed by atoms with Crippen LogP contribution in [0.3, 0.4) is 0 Å². The van der Waals surface area contributed by atoms with E-state index in [-0.39, 0.29) is 10.8 Å². The van der Waals surface area contributed by atoms with Gasteiger partial charge < -0.3 is 4.90 Å². The number of benzene rings is 2. The fraction of sp³-hybridized carbons (Fsp3) is 0.409. The topological polar surface area (TPSA) is 27.1 Å². The number of nitrogens with one attached hydrogen (secondary N) is 1. The number of nitrogens with zero attached hydrogens (tertiary/aromatic N) is 1. The molecule has 3 rings (SSSR count). The second-order valence-electron chi connectivity index (χ2n) is 8.82. The molecule has 0 aliphatic carbocycles. The van der Waals surface area contributed by atoms with Crippen LogP contribution in [-0.2, 0) is 17.4 Å². The minimum Gasteiger partial charge on any atom is -0.322 e. The van der Waals surface area contributed by atoms with Gasteiger partial charge in [0.25, 0.3) is 0 Å². The van der Waals surface area contributed by atoms with Crippen molar-refractivity contribution in [2.45, 2.75) is 58.9 Å². The lowest BCUT2D eigenvalue weighted by Gasteiger charge is -2.31. The first-order chi connectivity index (χ1) is 11.1. The van der Waals surface area contributed by atoms with Gasteiger partial charge in [-0.1, -0.05) is 77.9 Å². The van der Waals surface area contributed by atoms with Crippen LogP contribution in [0, 0.1) is 5.41 Å². The van der Waals surface area contributed by atoms with E-state index in [2.05, 4.69) is 82.8 Å². The molecule has 2 nitrogen and oxygen atoms in total. The molecular formula is C22H28N2. The zero-order valence-corrected chi connectivity index (χ0v) is 15.7. The number of amidine groups is 1. The van der Waals surface area contributed by atoms with E-state index in [0.29, 0.717) is 5.84 Å². The average Bonchev–Trinajstić information content (AvgIpc) is 2.82. The number of hydrogen-bond acceptors (Lipinski definition) is 1. The second-order valence-corrected chi connectivity index (χ2v) is 8.82. The Morgan fingerprint density at radius 1 is 0.875 bits per heavy atom. The molecule has 0 aromatic heterocycles. The summed E-state index contributed by atoms with van der Waals surface area (Å²) in [5, 5.41) is 8.63. The van der Waals surface area contributed by atoms with Crippen molar-refractivity contribution in [3.05, 3.63) is 64.7 Å². The summed E-state index contributed by atoms with van der Waals surface area (Å²) < 4.78 is 0. The Labute approximate surface area is 146 Å². The lowest BCUT2D eigenvalue weighted by atomic mass is 9.79. The van der Waals surface area contributed by atoms with Crippen LogP contribution in [0.2, 0.25) is 0 Å². The molecule has 0 fully saturated rings. The molecule has 2 aromatic carbocycles. The quantitative estimate of drug-likeness (QED) is 0.724. The maximum absolute atomic E-state index is 8.63. The van der Waals surface area contributed by atoms with Gasteiger partial charge in [-0.3, -0.25) is 5.41 Å². The highest BCUT2D eigenvalue weighted by Crippen LogP contribution is 2.38. The summed E-state index contributed by atoms with van der Waals surface area (Å²) in [4.78, 5) is 2.15. The predicted octanol–water partition coefficient (Wildman–Crippen LogP) is 5.63. The van der Waals surface area contributed by atoms with Crippen molar-refractivity contribution < 1.29 is 0 Å². The van der Waals surface area contributed by atoms with Gasteiger partial charge in [0.05, 0.1) is 6.54 Å². The van der Waals surface area contributed by atoms with E-state index in [4.69, 9.17) is 5.41 Å². The molecule has 0 saturated heterocycles. The van der Waals surface area contributed by atoms with Crippen molar-refractivity contribution in [2.75, 3.05) is 4.90 Å². The maximum Gasteiger partial charge on any atom is 0.133 e. The van der Waals surface area contributed by atoms with Crippen LogP contribution < -0.4 is 4.90 Å². The monoisotopic (exact) mass is 320 g/mol. The molecule has 1 aliphatic rings. The zero-order chi connectivity index (χ0) is 17.7. The first kappa shape index (κ1) is 16.8. The van der Waals surface area contributed by atoms with Gasteiger partial charge in [0.1, 0.15) is 5.84 Å². The first-order valence-electron chi connectivity index (χ1n) is 8.68. The SMILES string of the molecule is CC(C)(C)c1ccc(N2Cc3ccccc3C2=N)c(C(C)(C)C)c1. The first-order valence-corrected chi connectivity index (χ1v) is 8.68. The summed E-state index contributed by atoms with van der Waals surface area (Å²) in [5.41, 5.74) is 6.27. The summed E-state index contributed by atoms with van der Waals surface area (Å²) in [7, 11) is 0. The van der Waals surface area contributed by atoms with Gasteiger partial charge in [-0.2, -0.15) is 0 Å². The fourth-order valence-corrected chi connectivity index (χ4v) is 3.33. The van der Waals surface area contributed by atoms with Crippen LogP contribution in [-0.4, -0.2) is 5.84 Å². The highest BCUT2D eigenvalue weighted by molar-refractivity contribution is 6.12. The number of hydrogen-bond donors (Lipinski definition) is 1. The molecule has 24 heavy (non-hydrogen) atoms.